The first-order chi connectivity index (χ1) is 14.1. The molecule has 1 amide bonds. The Morgan fingerprint density at radius 2 is 1.86 bits per heavy atom. The molecule has 0 spiro atoms. The summed E-state index contributed by atoms with van der Waals surface area (Å²) in [6.45, 7) is 4.47. The normalized spacial score (nSPS) is 26.4. The molecule has 2 saturated heterocycles. The molecule has 2 fully saturated rings. The Morgan fingerprint density at radius 3 is 2.55 bits per heavy atom. The first-order valence-electron chi connectivity index (χ1n) is 10.8. The van der Waals surface area contributed by atoms with Gasteiger partial charge in [0.05, 0.1) is 19.3 Å². The van der Waals surface area contributed by atoms with Crippen LogP contribution in [-0.2, 0) is 24.2 Å². The van der Waals surface area contributed by atoms with Crippen molar-refractivity contribution in [3.8, 4) is 0 Å². The van der Waals surface area contributed by atoms with Gasteiger partial charge in [0.15, 0.2) is 0 Å². The molecular weight excluding hydrogens is 364 g/mol. The van der Waals surface area contributed by atoms with Crippen molar-refractivity contribution in [1.29, 1.82) is 0 Å². The van der Waals surface area contributed by atoms with Crippen LogP contribution in [0.25, 0.3) is 0 Å². The van der Waals surface area contributed by atoms with Crippen LogP contribution in [0.15, 0.2) is 30.3 Å². The number of aromatic nitrogens is 2. The zero-order valence-corrected chi connectivity index (χ0v) is 17.4. The predicted octanol–water partition coefficient (Wildman–Crippen LogP) is 3.68. The van der Waals surface area contributed by atoms with Gasteiger partial charge in [-0.3, -0.25) is 4.90 Å². The molecule has 6 nitrogen and oxygen atoms in total. The number of carbonyl (C=O) groups excluding carboxylic acids is 1. The summed E-state index contributed by atoms with van der Waals surface area (Å²) in [6.07, 6.45) is 5.63. The van der Waals surface area contributed by atoms with Gasteiger partial charge in [-0.15, -0.1) is 0 Å². The maximum absolute atomic E-state index is 11.9. The number of hydrogen-bond acceptors (Lipinski definition) is 4. The molecule has 4 heterocycles. The molecule has 154 valence electrons. The van der Waals surface area contributed by atoms with Crippen molar-refractivity contribution in [3.63, 3.8) is 0 Å². The summed E-state index contributed by atoms with van der Waals surface area (Å²) in [6, 6.07) is 12.7. The van der Waals surface area contributed by atoms with Crippen molar-refractivity contribution in [1.82, 2.24) is 19.4 Å². The Kier molecular flexibility index (Phi) is 4.82. The van der Waals surface area contributed by atoms with Crippen LogP contribution in [-0.4, -0.2) is 51.2 Å². The minimum atomic E-state index is -0.255. The molecule has 3 aliphatic rings. The van der Waals surface area contributed by atoms with Gasteiger partial charge in [0.2, 0.25) is 0 Å². The van der Waals surface area contributed by atoms with Gasteiger partial charge in [0, 0.05) is 43.3 Å². The van der Waals surface area contributed by atoms with Gasteiger partial charge in [-0.05, 0) is 38.2 Å². The topological polar surface area (TPSA) is 50.6 Å². The second-order valence-electron chi connectivity index (χ2n) is 8.73. The molecule has 6 heteroatoms. The van der Waals surface area contributed by atoms with Crippen molar-refractivity contribution in [2.45, 2.75) is 70.2 Å². The van der Waals surface area contributed by atoms with E-state index in [-0.39, 0.29) is 6.09 Å². The lowest BCUT2D eigenvalue weighted by atomic mass is 9.95. The SMILES string of the molecule is COC(=O)N1CCc2c(nc(C)n2C2CC3CCC(C2)N3Cc2ccccc2)C1. The number of nitrogens with zero attached hydrogens (tertiary/aromatic N) is 4. The fourth-order valence-electron chi connectivity index (χ4n) is 5.82. The average molecular weight is 395 g/mol. The number of fused-ring (bicyclic) bond motifs is 3. The first kappa shape index (κ1) is 18.7. The highest BCUT2D eigenvalue weighted by atomic mass is 16.5. The molecule has 1 aromatic heterocycles. The monoisotopic (exact) mass is 394 g/mol. The number of methoxy groups -OCH3 is 1. The van der Waals surface area contributed by atoms with Crippen LogP contribution >= 0.6 is 0 Å². The summed E-state index contributed by atoms with van der Waals surface area (Å²) in [4.78, 5) is 21.3. The Balaban J connectivity index is 1.34. The predicted molar refractivity (Wildman–Crippen MR) is 111 cm³/mol. The van der Waals surface area contributed by atoms with E-state index in [4.69, 9.17) is 9.72 Å². The van der Waals surface area contributed by atoms with Gasteiger partial charge in [-0.1, -0.05) is 30.3 Å². The van der Waals surface area contributed by atoms with Crippen LogP contribution in [0.5, 0.6) is 0 Å². The summed E-state index contributed by atoms with van der Waals surface area (Å²) in [5.74, 6) is 1.10. The molecule has 5 rings (SSSR count). The van der Waals surface area contributed by atoms with Crippen molar-refractivity contribution >= 4 is 6.09 Å². The molecule has 0 aliphatic carbocycles. The molecule has 2 aromatic rings. The van der Waals surface area contributed by atoms with E-state index in [0.717, 1.165) is 24.5 Å². The Hall–Kier alpha value is -2.34. The lowest BCUT2D eigenvalue weighted by Gasteiger charge is -2.40. The highest BCUT2D eigenvalue weighted by Gasteiger charge is 2.42. The molecule has 1 aromatic carbocycles. The van der Waals surface area contributed by atoms with Crippen LogP contribution in [0.4, 0.5) is 4.79 Å². The fourth-order valence-corrected chi connectivity index (χ4v) is 5.82. The zero-order chi connectivity index (χ0) is 20.0. The van der Waals surface area contributed by atoms with E-state index in [2.05, 4.69) is 46.7 Å². The standard InChI is InChI=1S/C23H30N4O2/c1-16-24-21-15-25(23(28)29-2)11-10-22(21)27(16)20-12-18-8-9-19(13-20)26(18)14-17-6-4-3-5-7-17/h3-7,18-20H,8-15H2,1-2H3. The molecule has 3 aliphatic heterocycles. The first-order valence-corrected chi connectivity index (χ1v) is 10.8. The minimum absolute atomic E-state index is 0.255. The van der Waals surface area contributed by atoms with Gasteiger partial charge in [-0.2, -0.15) is 0 Å². The van der Waals surface area contributed by atoms with Crippen LogP contribution in [0.1, 0.15) is 54.5 Å². The quantitative estimate of drug-likeness (QED) is 0.797. The van der Waals surface area contributed by atoms with E-state index in [1.807, 2.05) is 0 Å². The number of hydrogen-bond donors (Lipinski definition) is 0. The molecule has 0 radical (unpaired) electrons. The lowest BCUT2D eigenvalue weighted by molar-refractivity contribution is 0.0964. The van der Waals surface area contributed by atoms with Gasteiger partial charge >= 0.3 is 6.09 Å². The van der Waals surface area contributed by atoms with Crippen LogP contribution in [0, 0.1) is 6.92 Å². The van der Waals surface area contributed by atoms with Crippen LogP contribution in [0.3, 0.4) is 0 Å². The van der Waals surface area contributed by atoms with E-state index < -0.39 is 0 Å². The smallest absolute Gasteiger partial charge is 0.409 e. The molecule has 2 unspecified atom stereocenters. The van der Waals surface area contributed by atoms with Crippen molar-refractivity contribution < 1.29 is 9.53 Å². The number of benzene rings is 1. The fraction of sp³-hybridized carbons (Fsp3) is 0.565. The number of imidazole rings is 1. The molecule has 2 atom stereocenters. The third kappa shape index (κ3) is 3.33. The summed E-state index contributed by atoms with van der Waals surface area (Å²) < 4.78 is 7.41. The maximum Gasteiger partial charge on any atom is 0.409 e. The average Bonchev–Trinajstić information content (AvgIpc) is 3.18. The molecule has 0 N–H and O–H groups in total. The number of amides is 1. The van der Waals surface area contributed by atoms with E-state index >= 15 is 0 Å². The number of aryl methyl sites for hydroxylation is 1. The Morgan fingerprint density at radius 1 is 1.14 bits per heavy atom. The van der Waals surface area contributed by atoms with Gasteiger partial charge in [-0.25, -0.2) is 9.78 Å². The molecular formula is C23H30N4O2. The third-order valence-corrected chi connectivity index (χ3v) is 7.09. The third-order valence-electron chi connectivity index (χ3n) is 7.09. The number of rotatable bonds is 3. The summed E-state index contributed by atoms with van der Waals surface area (Å²) in [7, 11) is 1.45. The van der Waals surface area contributed by atoms with Gasteiger partial charge in [0.1, 0.15) is 5.82 Å². The summed E-state index contributed by atoms with van der Waals surface area (Å²) in [5.41, 5.74) is 3.81. The lowest BCUT2D eigenvalue weighted by Crippen LogP contribution is -2.43. The van der Waals surface area contributed by atoms with E-state index in [1.54, 1.807) is 4.90 Å². The molecule has 0 saturated carbocycles. The highest BCUT2D eigenvalue weighted by Crippen LogP contribution is 2.43. The van der Waals surface area contributed by atoms with E-state index in [9.17, 15) is 4.79 Å². The van der Waals surface area contributed by atoms with Crippen molar-refractivity contribution in [2.75, 3.05) is 13.7 Å². The van der Waals surface area contributed by atoms with Crippen LogP contribution in [0.2, 0.25) is 0 Å². The Bertz CT molecular complexity index is 880. The second kappa shape index (κ2) is 7.48. The maximum atomic E-state index is 11.9. The van der Waals surface area contributed by atoms with Crippen molar-refractivity contribution in [2.24, 2.45) is 0 Å². The van der Waals surface area contributed by atoms with Crippen molar-refractivity contribution in [3.05, 3.63) is 53.1 Å². The summed E-state index contributed by atoms with van der Waals surface area (Å²) >= 11 is 0. The van der Waals surface area contributed by atoms with E-state index in [0.29, 0.717) is 31.2 Å². The number of ether oxygens (including phenoxy) is 1. The minimum Gasteiger partial charge on any atom is -0.453 e. The van der Waals surface area contributed by atoms with Gasteiger partial charge < -0.3 is 14.2 Å². The Labute approximate surface area is 172 Å². The largest absolute Gasteiger partial charge is 0.453 e. The zero-order valence-electron chi connectivity index (χ0n) is 17.4. The van der Waals surface area contributed by atoms with Gasteiger partial charge in [0.25, 0.3) is 0 Å². The van der Waals surface area contributed by atoms with Crippen LogP contribution < -0.4 is 0 Å². The second-order valence-corrected chi connectivity index (χ2v) is 8.73. The molecule has 2 bridgehead atoms. The number of carbonyl (C=O) groups is 1. The highest BCUT2D eigenvalue weighted by molar-refractivity contribution is 5.67. The molecule has 29 heavy (non-hydrogen) atoms. The van der Waals surface area contributed by atoms with E-state index in [1.165, 1.54) is 44.1 Å². The number of piperidine rings is 1. The summed E-state index contributed by atoms with van der Waals surface area (Å²) in [5, 5.41) is 0.